The van der Waals surface area contributed by atoms with Gasteiger partial charge in [-0.1, -0.05) is 15.9 Å². The Hall–Kier alpha value is -1.32. The van der Waals surface area contributed by atoms with Gasteiger partial charge < -0.3 is 10.1 Å². The maximum Gasteiger partial charge on any atom is 0.339 e. The lowest BCUT2D eigenvalue weighted by Gasteiger charge is -2.09. The molecule has 0 atom stereocenters. The van der Waals surface area contributed by atoms with E-state index in [-0.39, 0.29) is 16.1 Å². The number of hydrogen-bond acceptors (Lipinski definition) is 3. The van der Waals surface area contributed by atoms with Gasteiger partial charge in [0.2, 0.25) is 0 Å². The predicted molar refractivity (Wildman–Crippen MR) is 85.1 cm³/mol. The van der Waals surface area contributed by atoms with Crippen LogP contribution in [0.5, 0.6) is 0 Å². The summed E-state index contributed by atoms with van der Waals surface area (Å²) in [5.74, 6) is -1.21. The van der Waals surface area contributed by atoms with E-state index in [1.165, 1.54) is 12.3 Å². The van der Waals surface area contributed by atoms with Gasteiger partial charge in [0.25, 0.3) is 10.0 Å². The number of aromatic amines is 1. The van der Waals surface area contributed by atoms with Crippen molar-refractivity contribution in [1.82, 2.24) is 4.98 Å². The topological polar surface area (TPSA) is 99.3 Å². The molecule has 0 saturated carbocycles. The first-order valence-electron chi connectivity index (χ1n) is 5.61. The molecule has 112 valence electrons. The molecule has 1 aromatic heterocycles. The Kier molecular flexibility index (Phi) is 4.45. The minimum absolute atomic E-state index is 0.00654. The first-order valence-corrected chi connectivity index (χ1v) is 8.68. The van der Waals surface area contributed by atoms with Crippen LogP contribution in [0.3, 0.4) is 0 Å². The van der Waals surface area contributed by atoms with Gasteiger partial charge in [-0.15, -0.1) is 0 Å². The number of benzene rings is 1. The molecule has 6 nitrogen and oxygen atoms in total. The number of hydrogen-bond donors (Lipinski definition) is 3. The van der Waals surface area contributed by atoms with Crippen LogP contribution in [0.15, 0.2) is 38.2 Å². The van der Waals surface area contributed by atoms with E-state index in [2.05, 4.69) is 41.6 Å². The quantitative estimate of drug-likeness (QED) is 0.682. The van der Waals surface area contributed by atoms with Crippen LogP contribution >= 0.6 is 31.9 Å². The third-order valence-corrected chi connectivity index (χ3v) is 5.57. The van der Waals surface area contributed by atoms with Crippen molar-refractivity contribution in [2.75, 3.05) is 4.72 Å². The Morgan fingerprint density at radius 1 is 1.33 bits per heavy atom. The number of anilines is 1. The van der Waals surface area contributed by atoms with Crippen LogP contribution in [0.1, 0.15) is 16.1 Å². The number of H-pyrrole nitrogens is 1. The molecule has 0 saturated heterocycles. The zero-order chi connectivity index (χ0) is 15.8. The number of carboxylic acids is 1. The van der Waals surface area contributed by atoms with E-state index in [4.69, 9.17) is 5.11 Å². The average Bonchev–Trinajstić information content (AvgIpc) is 2.72. The van der Waals surface area contributed by atoms with Crippen LogP contribution < -0.4 is 4.72 Å². The summed E-state index contributed by atoms with van der Waals surface area (Å²) in [5.41, 5.74) is 0.255. The highest BCUT2D eigenvalue weighted by Gasteiger charge is 2.23. The molecule has 0 amide bonds. The molecule has 0 bridgehead atoms. The van der Waals surface area contributed by atoms with Gasteiger partial charge in [0.05, 0.1) is 5.69 Å². The van der Waals surface area contributed by atoms with Gasteiger partial charge in [-0.25, -0.2) is 13.2 Å². The first kappa shape index (κ1) is 16.1. The zero-order valence-electron chi connectivity index (χ0n) is 10.6. The van der Waals surface area contributed by atoms with Gasteiger partial charge in [0.1, 0.15) is 10.5 Å². The molecule has 0 unspecified atom stereocenters. The SMILES string of the molecule is Cc1[nH]cc(NS(=O)(=O)c2cc(Br)ccc2Br)c1C(=O)O. The molecular weight excluding hydrogens is 428 g/mol. The Bertz CT molecular complexity index is 815. The number of nitrogens with one attached hydrogen (secondary N) is 2. The molecule has 0 radical (unpaired) electrons. The summed E-state index contributed by atoms with van der Waals surface area (Å²) in [6, 6.07) is 4.69. The smallest absolute Gasteiger partial charge is 0.339 e. The maximum atomic E-state index is 12.4. The largest absolute Gasteiger partial charge is 0.478 e. The third kappa shape index (κ3) is 3.30. The van der Waals surface area contributed by atoms with Gasteiger partial charge >= 0.3 is 5.97 Å². The minimum atomic E-state index is -3.92. The number of aryl methyl sites for hydroxylation is 1. The lowest BCUT2D eigenvalue weighted by molar-refractivity contribution is 0.0697. The van der Waals surface area contributed by atoms with Crippen LogP contribution in [-0.4, -0.2) is 24.5 Å². The van der Waals surface area contributed by atoms with Crippen molar-refractivity contribution in [2.24, 2.45) is 0 Å². The normalized spacial score (nSPS) is 11.4. The fraction of sp³-hybridized carbons (Fsp3) is 0.0833. The van der Waals surface area contributed by atoms with Crippen molar-refractivity contribution in [3.63, 3.8) is 0 Å². The number of aromatic nitrogens is 1. The van der Waals surface area contributed by atoms with Gasteiger partial charge in [-0.05, 0) is 41.1 Å². The van der Waals surface area contributed by atoms with E-state index in [0.717, 1.165) is 0 Å². The molecule has 0 aliphatic heterocycles. The second-order valence-electron chi connectivity index (χ2n) is 4.19. The van der Waals surface area contributed by atoms with Gasteiger partial charge in [0, 0.05) is 20.8 Å². The van der Waals surface area contributed by atoms with Crippen LogP contribution in [-0.2, 0) is 10.0 Å². The Morgan fingerprint density at radius 2 is 2.00 bits per heavy atom. The standard InChI is InChI=1S/C12H10Br2N2O4S/c1-6-11(12(17)18)9(5-15-6)16-21(19,20)10-4-7(13)2-3-8(10)14/h2-5,15-16H,1H3,(H,17,18). The van der Waals surface area contributed by atoms with Gasteiger partial charge in [-0.3, -0.25) is 4.72 Å². The van der Waals surface area contributed by atoms with Crippen molar-refractivity contribution >= 4 is 53.5 Å². The van der Waals surface area contributed by atoms with Crippen LogP contribution in [0, 0.1) is 6.92 Å². The number of carbonyl (C=O) groups is 1. The van der Waals surface area contributed by atoms with Gasteiger partial charge in [0.15, 0.2) is 0 Å². The van der Waals surface area contributed by atoms with Crippen molar-refractivity contribution < 1.29 is 18.3 Å². The van der Waals surface area contributed by atoms with Crippen molar-refractivity contribution in [3.8, 4) is 0 Å². The minimum Gasteiger partial charge on any atom is -0.478 e. The van der Waals surface area contributed by atoms with E-state index in [9.17, 15) is 13.2 Å². The maximum absolute atomic E-state index is 12.4. The van der Waals surface area contributed by atoms with Crippen molar-refractivity contribution in [2.45, 2.75) is 11.8 Å². The molecule has 1 heterocycles. The number of rotatable bonds is 4. The van der Waals surface area contributed by atoms with Gasteiger partial charge in [-0.2, -0.15) is 0 Å². The number of halogens is 2. The predicted octanol–water partition coefficient (Wildman–Crippen LogP) is 3.35. The third-order valence-electron chi connectivity index (χ3n) is 2.72. The van der Waals surface area contributed by atoms with E-state index in [1.54, 1.807) is 19.1 Å². The highest BCUT2D eigenvalue weighted by atomic mass is 79.9. The van der Waals surface area contributed by atoms with Crippen LogP contribution in [0.4, 0.5) is 5.69 Å². The molecule has 0 aliphatic carbocycles. The molecule has 0 spiro atoms. The van der Waals surface area contributed by atoms with E-state index in [0.29, 0.717) is 14.6 Å². The molecular formula is C12H10Br2N2O4S. The average molecular weight is 438 g/mol. The van der Waals surface area contributed by atoms with Crippen molar-refractivity contribution in [3.05, 3.63) is 44.6 Å². The summed E-state index contributed by atoms with van der Waals surface area (Å²) in [5, 5.41) is 9.13. The molecule has 1 aromatic carbocycles. The summed E-state index contributed by atoms with van der Waals surface area (Å²) >= 11 is 6.37. The molecule has 9 heteroatoms. The molecule has 0 fully saturated rings. The fourth-order valence-corrected chi connectivity index (χ4v) is 4.33. The first-order chi connectivity index (χ1) is 9.72. The Morgan fingerprint density at radius 3 is 2.62 bits per heavy atom. The Labute approximate surface area is 137 Å². The Balaban J connectivity index is 2.48. The fourth-order valence-electron chi connectivity index (χ4n) is 1.77. The lowest BCUT2D eigenvalue weighted by Crippen LogP contribution is -2.15. The van der Waals surface area contributed by atoms with E-state index in [1.807, 2.05) is 0 Å². The number of carboxylic acid groups (broad SMARTS) is 1. The molecule has 2 rings (SSSR count). The molecule has 2 aromatic rings. The molecule has 21 heavy (non-hydrogen) atoms. The summed E-state index contributed by atoms with van der Waals surface area (Å²) in [6.07, 6.45) is 1.31. The van der Waals surface area contributed by atoms with E-state index < -0.39 is 16.0 Å². The summed E-state index contributed by atoms with van der Waals surface area (Å²) in [6.45, 7) is 1.55. The second kappa shape index (κ2) is 5.82. The van der Waals surface area contributed by atoms with Crippen molar-refractivity contribution in [1.29, 1.82) is 0 Å². The second-order valence-corrected chi connectivity index (χ2v) is 7.61. The van der Waals surface area contributed by atoms with Crippen LogP contribution in [0.25, 0.3) is 0 Å². The monoisotopic (exact) mass is 436 g/mol. The summed E-state index contributed by atoms with van der Waals surface area (Å²) < 4.78 is 28.0. The summed E-state index contributed by atoms with van der Waals surface area (Å²) in [7, 11) is -3.92. The highest BCUT2D eigenvalue weighted by Crippen LogP contribution is 2.29. The lowest BCUT2D eigenvalue weighted by atomic mass is 10.2. The van der Waals surface area contributed by atoms with E-state index >= 15 is 0 Å². The van der Waals surface area contributed by atoms with Crippen LogP contribution in [0.2, 0.25) is 0 Å². The number of sulfonamides is 1. The molecule has 0 aliphatic rings. The highest BCUT2D eigenvalue weighted by molar-refractivity contribution is 9.11. The molecule has 3 N–H and O–H groups in total. The number of aromatic carboxylic acids is 1. The zero-order valence-corrected chi connectivity index (χ0v) is 14.6. The summed E-state index contributed by atoms with van der Waals surface area (Å²) in [4.78, 5) is 13.9.